The Kier molecular flexibility index (Phi) is 6.07. The third-order valence-electron chi connectivity index (χ3n) is 6.17. The van der Waals surface area contributed by atoms with E-state index in [-0.39, 0.29) is 36.0 Å². The number of nitrogens with one attached hydrogen (secondary N) is 1. The molecule has 0 aliphatic carbocycles. The SMILES string of the molecule is COc1nc(N[C@@H]2CN(C(C)=O)CC2(F)F)nn2cc(F)c(-c3ccc4nnn(CCC(F)F)c4c3)c12. The molecule has 0 saturated carbocycles. The Morgan fingerprint density at radius 3 is 2.78 bits per heavy atom. The average molecular weight is 524 g/mol. The van der Waals surface area contributed by atoms with Gasteiger partial charge in [0.15, 0.2) is 5.82 Å². The summed E-state index contributed by atoms with van der Waals surface area (Å²) in [6, 6.07) is 3.25. The van der Waals surface area contributed by atoms with E-state index in [0.29, 0.717) is 16.6 Å². The second kappa shape index (κ2) is 9.12. The van der Waals surface area contributed by atoms with E-state index in [1.807, 2.05) is 0 Å². The van der Waals surface area contributed by atoms with Crippen LogP contribution in [0.25, 0.3) is 27.7 Å². The van der Waals surface area contributed by atoms with E-state index < -0.39 is 43.1 Å². The minimum Gasteiger partial charge on any atom is -0.479 e. The molecule has 15 heteroatoms. The van der Waals surface area contributed by atoms with Gasteiger partial charge < -0.3 is 15.0 Å². The maximum atomic E-state index is 15.2. The predicted molar refractivity (Wildman–Crippen MR) is 121 cm³/mol. The lowest BCUT2D eigenvalue weighted by Gasteiger charge is -2.19. The number of hydrogen-bond donors (Lipinski definition) is 1. The van der Waals surface area contributed by atoms with Gasteiger partial charge in [-0.1, -0.05) is 11.3 Å². The van der Waals surface area contributed by atoms with E-state index in [2.05, 4.69) is 25.7 Å². The minimum absolute atomic E-state index is 0.0564. The predicted octanol–water partition coefficient (Wildman–Crippen LogP) is 3.22. The number of carbonyl (C=O) groups is 1. The smallest absolute Gasteiger partial charge is 0.286 e. The lowest BCUT2D eigenvalue weighted by atomic mass is 10.1. The molecule has 196 valence electrons. The lowest BCUT2D eigenvalue weighted by Crippen LogP contribution is -2.38. The first-order valence-electron chi connectivity index (χ1n) is 11.2. The van der Waals surface area contributed by atoms with Gasteiger partial charge in [0.1, 0.15) is 17.1 Å². The summed E-state index contributed by atoms with van der Waals surface area (Å²) in [5.74, 6) is -4.76. The highest BCUT2D eigenvalue weighted by atomic mass is 19.3. The lowest BCUT2D eigenvalue weighted by molar-refractivity contribution is -0.129. The molecule has 1 fully saturated rings. The molecule has 1 atom stereocenters. The van der Waals surface area contributed by atoms with E-state index in [1.165, 1.54) is 18.7 Å². The van der Waals surface area contributed by atoms with Gasteiger partial charge in [-0.05, 0) is 17.7 Å². The second-order valence-corrected chi connectivity index (χ2v) is 8.64. The van der Waals surface area contributed by atoms with Crippen LogP contribution in [0.2, 0.25) is 0 Å². The Hall–Kier alpha value is -4.04. The van der Waals surface area contributed by atoms with Crippen LogP contribution in [0.15, 0.2) is 24.4 Å². The summed E-state index contributed by atoms with van der Waals surface area (Å²) in [7, 11) is 1.29. The molecule has 1 aliphatic rings. The summed E-state index contributed by atoms with van der Waals surface area (Å²) in [5.41, 5.74) is 1.40. The van der Waals surface area contributed by atoms with Gasteiger partial charge in [-0.15, -0.1) is 10.2 Å². The third-order valence-corrected chi connectivity index (χ3v) is 6.17. The van der Waals surface area contributed by atoms with E-state index in [9.17, 15) is 22.4 Å². The van der Waals surface area contributed by atoms with E-state index >= 15 is 4.39 Å². The fraction of sp³-hybridized carbons (Fsp3) is 0.409. The van der Waals surface area contributed by atoms with Crippen LogP contribution in [0.4, 0.5) is 27.9 Å². The van der Waals surface area contributed by atoms with Crippen molar-refractivity contribution in [2.45, 2.75) is 38.3 Å². The molecule has 4 aromatic rings. The van der Waals surface area contributed by atoms with Crippen LogP contribution in [0.5, 0.6) is 5.88 Å². The number of nitrogens with zero attached hydrogens (tertiary/aromatic N) is 7. The van der Waals surface area contributed by atoms with Crippen LogP contribution in [0.3, 0.4) is 0 Å². The third kappa shape index (κ3) is 4.49. The zero-order valence-electron chi connectivity index (χ0n) is 19.6. The zero-order chi connectivity index (χ0) is 26.5. The summed E-state index contributed by atoms with van der Waals surface area (Å²) in [6.45, 7) is 0.121. The second-order valence-electron chi connectivity index (χ2n) is 8.64. The standard InChI is InChI=1S/C22H21F5N8O2/c1-11(36)33-9-16(22(26,27)10-33)28-21-29-20(37-2)19-18(13(23)8-35(19)31-21)12-3-4-14-15(7-12)34(32-30-14)6-5-17(24)25/h3-4,7-8,16-17H,5-6,9-10H2,1-2H3,(H,28,31)/t16-/m1/s1. The van der Waals surface area contributed by atoms with Crippen LogP contribution in [0, 0.1) is 5.82 Å². The Labute approximate surface area is 206 Å². The van der Waals surface area contributed by atoms with Crippen molar-refractivity contribution in [2.75, 3.05) is 25.5 Å². The van der Waals surface area contributed by atoms with Gasteiger partial charge in [0, 0.05) is 26.4 Å². The monoisotopic (exact) mass is 524 g/mol. The summed E-state index contributed by atoms with van der Waals surface area (Å²) < 4.78 is 77.3. The molecule has 0 radical (unpaired) electrons. The molecule has 37 heavy (non-hydrogen) atoms. The highest BCUT2D eigenvalue weighted by Gasteiger charge is 2.49. The largest absolute Gasteiger partial charge is 0.479 e. The Morgan fingerprint density at radius 1 is 1.32 bits per heavy atom. The van der Waals surface area contributed by atoms with Gasteiger partial charge in [-0.3, -0.25) is 4.79 Å². The number of anilines is 1. The number of hydrogen-bond acceptors (Lipinski definition) is 7. The number of methoxy groups -OCH3 is 1. The number of aryl methyl sites for hydroxylation is 1. The van der Waals surface area contributed by atoms with Crippen LogP contribution in [-0.2, 0) is 11.3 Å². The molecule has 1 amide bonds. The number of halogens is 5. The zero-order valence-corrected chi connectivity index (χ0v) is 19.6. The van der Waals surface area contributed by atoms with Gasteiger partial charge in [0.2, 0.25) is 24.2 Å². The molecule has 5 rings (SSSR count). The number of aromatic nitrogens is 6. The van der Waals surface area contributed by atoms with E-state index in [0.717, 1.165) is 15.6 Å². The van der Waals surface area contributed by atoms with Crippen molar-refractivity contribution in [1.29, 1.82) is 0 Å². The molecular weight excluding hydrogens is 503 g/mol. The summed E-state index contributed by atoms with van der Waals surface area (Å²) >= 11 is 0. The first kappa shape index (κ1) is 24.6. The molecule has 10 nitrogen and oxygen atoms in total. The van der Waals surface area contributed by atoms with Gasteiger partial charge in [0.25, 0.3) is 5.92 Å². The number of fused-ring (bicyclic) bond motifs is 2. The highest BCUT2D eigenvalue weighted by molar-refractivity contribution is 5.89. The van der Waals surface area contributed by atoms with E-state index in [4.69, 9.17) is 4.74 Å². The molecule has 3 aromatic heterocycles. The first-order valence-corrected chi connectivity index (χ1v) is 11.2. The maximum Gasteiger partial charge on any atom is 0.286 e. The van der Waals surface area contributed by atoms with E-state index in [1.54, 1.807) is 18.2 Å². The number of alkyl halides is 4. The fourth-order valence-electron chi connectivity index (χ4n) is 4.34. The highest BCUT2D eigenvalue weighted by Crippen LogP contribution is 2.36. The van der Waals surface area contributed by atoms with Crippen molar-refractivity contribution in [1.82, 2.24) is 34.5 Å². The van der Waals surface area contributed by atoms with Crippen molar-refractivity contribution < 1.29 is 31.5 Å². The Bertz CT molecular complexity index is 1490. The Morgan fingerprint density at radius 2 is 2.11 bits per heavy atom. The quantitative estimate of drug-likeness (QED) is 0.371. The van der Waals surface area contributed by atoms with Gasteiger partial charge in [-0.25, -0.2) is 31.1 Å². The average Bonchev–Trinajstić information content (AvgIpc) is 3.49. The molecule has 1 saturated heterocycles. The summed E-state index contributed by atoms with van der Waals surface area (Å²) in [4.78, 5) is 16.7. The number of amides is 1. The number of carbonyl (C=O) groups excluding carboxylic acids is 1. The molecule has 1 N–H and O–H groups in total. The first-order chi connectivity index (χ1) is 17.6. The van der Waals surface area contributed by atoms with Crippen LogP contribution in [-0.4, -0.2) is 79.0 Å². The molecule has 0 spiro atoms. The van der Waals surface area contributed by atoms with Crippen LogP contribution < -0.4 is 10.1 Å². The fourth-order valence-corrected chi connectivity index (χ4v) is 4.34. The molecule has 0 bridgehead atoms. The van der Waals surface area contributed by atoms with Gasteiger partial charge in [0.05, 0.1) is 30.9 Å². The van der Waals surface area contributed by atoms with Crippen molar-refractivity contribution in [3.05, 3.63) is 30.2 Å². The van der Waals surface area contributed by atoms with Crippen molar-refractivity contribution in [2.24, 2.45) is 0 Å². The molecular formula is C22H21F5N8O2. The van der Waals surface area contributed by atoms with Gasteiger partial charge in [-0.2, -0.15) is 4.98 Å². The van der Waals surface area contributed by atoms with Crippen LogP contribution in [0.1, 0.15) is 13.3 Å². The number of rotatable bonds is 7. The number of ether oxygens (including phenoxy) is 1. The molecule has 4 heterocycles. The summed E-state index contributed by atoms with van der Waals surface area (Å²) in [5, 5.41) is 14.5. The van der Waals surface area contributed by atoms with Gasteiger partial charge >= 0.3 is 0 Å². The molecule has 1 aliphatic heterocycles. The molecule has 1 aromatic carbocycles. The van der Waals surface area contributed by atoms with Crippen LogP contribution >= 0.6 is 0 Å². The van der Waals surface area contributed by atoms with Crippen molar-refractivity contribution >= 4 is 28.4 Å². The minimum atomic E-state index is -3.24. The van der Waals surface area contributed by atoms with Crippen molar-refractivity contribution in [3.8, 4) is 17.0 Å². The molecule has 0 unspecified atom stereocenters. The Balaban J connectivity index is 1.53. The topological polar surface area (TPSA) is 102 Å². The normalized spacial score (nSPS) is 17.3. The number of likely N-dealkylation sites (tertiary alicyclic amines) is 1. The summed E-state index contributed by atoms with van der Waals surface area (Å²) in [6.07, 6.45) is -1.90. The number of benzene rings is 1. The van der Waals surface area contributed by atoms with Crippen molar-refractivity contribution in [3.63, 3.8) is 0 Å². The maximum absolute atomic E-state index is 15.2.